The minimum absolute atomic E-state index is 0.0415. The molecule has 0 unspecified atom stereocenters. The van der Waals surface area contributed by atoms with E-state index in [0.717, 1.165) is 37.0 Å². The Bertz CT molecular complexity index is 1100. The Hall–Kier alpha value is -2.42. The van der Waals surface area contributed by atoms with Crippen LogP contribution in [-0.4, -0.2) is 39.3 Å². The number of sulfonamides is 1. The molecule has 0 heterocycles. The van der Waals surface area contributed by atoms with Crippen LogP contribution in [0.2, 0.25) is 0 Å². The molecular formula is C27H36N2O5S. The van der Waals surface area contributed by atoms with Crippen molar-refractivity contribution in [2.75, 3.05) is 13.7 Å². The maximum atomic E-state index is 12.3. The molecule has 2 fully saturated rings. The zero-order chi connectivity index (χ0) is 24.9. The van der Waals surface area contributed by atoms with Gasteiger partial charge in [0, 0.05) is 0 Å². The van der Waals surface area contributed by atoms with Crippen LogP contribution in [0.25, 0.3) is 0 Å². The molecule has 1 amide bonds. The normalized spacial score (nSPS) is 26.9. The summed E-state index contributed by atoms with van der Waals surface area (Å²) in [5.41, 5.74) is 7.19. The number of carbonyl (C=O) groups is 1. The fourth-order valence-corrected chi connectivity index (χ4v) is 6.74. The Labute approximate surface area is 208 Å². The minimum Gasteiger partial charge on any atom is -0.489 e. The summed E-state index contributed by atoms with van der Waals surface area (Å²) in [5, 5.41) is -0.605. The maximum absolute atomic E-state index is 12.3. The largest absolute Gasteiger partial charge is 0.489 e. The molecule has 35 heavy (non-hydrogen) atoms. The third-order valence-corrected chi connectivity index (χ3v) is 9.52. The van der Waals surface area contributed by atoms with Gasteiger partial charge in [0.25, 0.3) is 0 Å². The van der Waals surface area contributed by atoms with Crippen molar-refractivity contribution in [3.63, 3.8) is 0 Å². The minimum atomic E-state index is -3.44. The highest BCUT2D eigenvalue weighted by Gasteiger charge is 2.48. The van der Waals surface area contributed by atoms with Gasteiger partial charge >= 0.3 is 0 Å². The predicted octanol–water partition coefficient (Wildman–Crippen LogP) is 3.88. The van der Waals surface area contributed by atoms with Crippen molar-refractivity contribution in [2.45, 2.75) is 68.8 Å². The van der Waals surface area contributed by atoms with Gasteiger partial charge in [-0.3, -0.25) is 4.79 Å². The summed E-state index contributed by atoms with van der Waals surface area (Å²) in [7, 11) is -2.03. The molecule has 2 aliphatic rings. The summed E-state index contributed by atoms with van der Waals surface area (Å²) < 4.78 is 39.2. The van der Waals surface area contributed by atoms with E-state index in [1.807, 2.05) is 30.3 Å². The molecule has 3 N–H and O–H groups in total. The van der Waals surface area contributed by atoms with Gasteiger partial charge in [0.05, 0.1) is 23.4 Å². The molecule has 0 saturated heterocycles. The second-order valence-corrected chi connectivity index (χ2v) is 12.0. The quantitative estimate of drug-likeness (QED) is 0.515. The summed E-state index contributed by atoms with van der Waals surface area (Å²) in [6, 6.07) is 18.4. The van der Waals surface area contributed by atoms with Crippen LogP contribution in [0, 0.1) is 5.41 Å². The van der Waals surface area contributed by atoms with E-state index in [4.69, 9.17) is 15.2 Å². The molecule has 2 aliphatic carbocycles. The van der Waals surface area contributed by atoms with Gasteiger partial charge in [0.15, 0.2) is 0 Å². The zero-order valence-electron chi connectivity index (χ0n) is 20.3. The monoisotopic (exact) mass is 500 g/mol. The molecule has 0 spiro atoms. The number of rotatable bonds is 10. The van der Waals surface area contributed by atoms with E-state index in [9.17, 15) is 13.2 Å². The van der Waals surface area contributed by atoms with Gasteiger partial charge in [-0.1, -0.05) is 48.5 Å². The van der Waals surface area contributed by atoms with Crippen molar-refractivity contribution in [3.05, 3.63) is 65.7 Å². The fourth-order valence-electron chi connectivity index (χ4n) is 5.44. The van der Waals surface area contributed by atoms with Crippen LogP contribution in [0.15, 0.2) is 54.6 Å². The van der Waals surface area contributed by atoms with Gasteiger partial charge in [-0.2, -0.15) is 0 Å². The molecule has 0 radical (unpaired) electrons. The first-order valence-electron chi connectivity index (χ1n) is 12.4. The van der Waals surface area contributed by atoms with Crippen LogP contribution in [0.3, 0.4) is 0 Å². The van der Waals surface area contributed by atoms with Gasteiger partial charge in [0.1, 0.15) is 12.4 Å². The van der Waals surface area contributed by atoms with Gasteiger partial charge in [-0.15, -0.1) is 0 Å². The lowest BCUT2D eigenvalue weighted by molar-refractivity contribution is -0.133. The highest BCUT2D eigenvalue weighted by atomic mass is 32.2. The maximum Gasteiger partial charge on any atom is 0.226 e. The summed E-state index contributed by atoms with van der Waals surface area (Å²) >= 11 is 0. The number of para-hydroxylation sites is 1. The molecule has 2 aromatic rings. The third-order valence-electron chi connectivity index (χ3n) is 7.67. The molecule has 0 aromatic heterocycles. The first kappa shape index (κ1) is 25.7. The lowest BCUT2D eigenvalue weighted by atomic mass is 9.82. The lowest BCUT2D eigenvalue weighted by Crippen LogP contribution is -2.42. The van der Waals surface area contributed by atoms with E-state index < -0.39 is 26.6 Å². The molecule has 2 saturated carbocycles. The lowest BCUT2D eigenvalue weighted by Gasteiger charge is -2.33. The van der Waals surface area contributed by atoms with Gasteiger partial charge in [-0.25, -0.2) is 13.1 Å². The first-order chi connectivity index (χ1) is 16.8. The summed E-state index contributed by atoms with van der Waals surface area (Å²) in [6.07, 6.45) is 4.81. The second kappa shape index (κ2) is 11.1. The molecule has 7 nitrogen and oxygen atoms in total. The van der Waals surface area contributed by atoms with Gasteiger partial charge in [0.2, 0.25) is 15.9 Å². The zero-order valence-corrected chi connectivity index (χ0v) is 21.1. The summed E-state index contributed by atoms with van der Waals surface area (Å²) in [4.78, 5) is 12.3. The van der Waals surface area contributed by atoms with E-state index in [1.54, 1.807) is 0 Å². The van der Waals surface area contributed by atoms with Crippen molar-refractivity contribution in [3.8, 4) is 5.75 Å². The molecule has 0 aliphatic heterocycles. The third kappa shape index (κ3) is 6.05. The van der Waals surface area contributed by atoms with Crippen LogP contribution in [0.4, 0.5) is 0 Å². The molecule has 2 atom stereocenters. The molecule has 8 heteroatoms. The van der Waals surface area contributed by atoms with Crippen LogP contribution < -0.4 is 15.2 Å². The van der Waals surface area contributed by atoms with Crippen molar-refractivity contribution >= 4 is 15.9 Å². The van der Waals surface area contributed by atoms with Gasteiger partial charge in [-0.05, 0) is 75.1 Å². The van der Waals surface area contributed by atoms with Crippen LogP contribution in [-0.2, 0) is 26.2 Å². The molecule has 0 bridgehead atoms. The standard InChI is InChI=1S/C27H36N2O5S/c1-29-35(31,32)23-15-16-27(17-23,26(28)30)19-34-22-13-11-21(12-14-22)24-9-5-6-10-25(24)33-18-20-7-3-2-4-8-20/h2-10,21-23,29H,11-19H2,1H3,(H2,28,30)/t21?,22?,23-,27-/m0/s1. The predicted molar refractivity (Wildman–Crippen MR) is 135 cm³/mol. The topological polar surface area (TPSA) is 108 Å². The van der Waals surface area contributed by atoms with Gasteiger partial charge < -0.3 is 15.2 Å². The SMILES string of the molecule is CNS(=O)(=O)[C@H]1CC[C@](COC2CCC(c3ccccc3OCc3ccccc3)CC2)(C(N)=O)C1. The molecular weight excluding hydrogens is 464 g/mol. The van der Waals surface area contributed by atoms with Crippen LogP contribution >= 0.6 is 0 Å². The highest BCUT2D eigenvalue weighted by Crippen LogP contribution is 2.43. The van der Waals surface area contributed by atoms with Crippen molar-refractivity contribution in [2.24, 2.45) is 11.1 Å². The molecule has 2 aromatic carbocycles. The van der Waals surface area contributed by atoms with Crippen molar-refractivity contribution in [1.82, 2.24) is 4.72 Å². The number of ether oxygens (including phenoxy) is 2. The van der Waals surface area contributed by atoms with Crippen LogP contribution in [0.1, 0.15) is 62.0 Å². The molecule has 4 rings (SSSR count). The Balaban J connectivity index is 1.32. The number of nitrogens with two attached hydrogens (primary N) is 1. The van der Waals surface area contributed by atoms with Crippen LogP contribution in [0.5, 0.6) is 5.75 Å². The molecule has 190 valence electrons. The smallest absolute Gasteiger partial charge is 0.226 e. The van der Waals surface area contributed by atoms with Crippen molar-refractivity contribution in [1.29, 1.82) is 0 Å². The van der Waals surface area contributed by atoms with E-state index in [0.29, 0.717) is 25.4 Å². The number of carbonyl (C=O) groups excluding carboxylic acids is 1. The van der Waals surface area contributed by atoms with E-state index in [1.165, 1.54) is 12.6 Å². The average molecular weight is 501 g/mol. The average Bonchev–Trinajstić information content (AvgIpc) is 3.34. The number of benzene rings is 2. The summed E-state index contributed by atoms with van der Waals surface area (Å²) in [5.74, 6) is 0.851. The van der Waals surface area contributed by atoms with Crippen molar-refractivity contribution < 1.29 is 22.7 Å². The van der Waals surface area contributed by atoms with E-state index >= 15 is 0 Å². The number of nitrogens with one attached hydrogen (secondary N) is 1. The Morgan fingerprint density at radius 3 is 2.40 bits per heavy atom. The fraction of sp³-hybridized carbons (Fsp3) is 0.519. The number of primary amides is 1. The number of amides is 1. The first-order valence-corrected chi connectivity index (χ1v) is 14.0. The Kier molecular flexibility index (Phi) is 8.14. The Morgan fingerprint density at radius 2 is 1.71 bits per heavy atom. The number of hydrogen-bond donors (Lipinski definition) is 2. The number of hydrogen-bond acceptors (Lipinski definition) is 5. The second-order valence-electron chi connectivity index (χ2n) is 9.86. The Morgan fingerprint density at radius 1 is 1.03 bits per heavy atom. The van der Waals surface area contributed by atoms with E-state index in [-0.39, 0.29) is 19.1 Å². The summed E-state index contributed by atoms with van der Waals surface area (Å²) in [6.45, 7) is 0.722. The van der Waals surface area contributed by atoms with E-state index in [2.05, 4.69) is 29.0 Å². The highest BCUT2D eigenvalue weighted by molar-refractivity contribution is 7.90.